The molecular formula is C20H13ClN2O. The van der Waals surface area contributed by atoms with E-state index < -0.39 is 5.92 Å². The number of nitriles is 1. The van der Waals surface area contributed by atoms with Gasteiger partial charge in [-0.05, 0) is 18.6 Å². The molecule has 0 radical (unpaired) electrons. The summed E-state index contributed by atoms with van der Waals surface area (Å²) in [5, 5.41) is 13.5. The van der Waals surface area contributed by atoms with Crippen molar-refractivity contribution in [3.05, 3.63) is 87.1 Å². The number of fused-ring (bicyclic) bond motifs is 2. The summed E-state index contributed by atoms with van der Waals surface area (Å²) in [4.78, 5) is 13.0. The Morgan fingerprint density at radius 1 is 1.08 bits per heavy atom. The third-order valence-corrected chi connectivity index (χ3v) is 4.93. The minimum absolute atomic E-state index is 0.0433. The summed E-state index contributed by atoms with van der Waals surface area (Å²) in [5.41, 5.74) is 5.01. The SMILES string of the molecule is CC1=C(C#N)C(c2ccccc2Cl)C2=C(N1)c1ccccc1C2=O. The number of dihydropyridines is 1. The van der Waals surface area contributed by atoms with Gasteiger partial charge in [0.15, 0.2) is 5.78 Å². The number of halogens is 1. The maximum Gasteiger partial charge on any atom is 0.192 e. The standard InChI is InChI=1S/C20H13ClN2O/c1-11-15(10-22)17(14-8-4-5-9-16(14)21)18-19(23-11)12-6-2-3-7-13(12)20(18)24/h2-9,17,23H,1H3. The van der Waals surface area contributed by atoms with E-state index in [-0.39, 0.29) is 5.78 Å². The summed E-state index contributed by atoms with van der Waals surface area (Å²) in [6, 6.07) is 17.2. The molecule has 4 heteroatoms. The second kappa shape index (κ2) is 5.36. The van der Waals surface area contributed by atoms with Crippen LogP contribution in [-0.2, 0) is 0 Å². The molecule has 116 valence electrons. The Morgan fingerprint density at radius 2 is 1.75 bits per heavy atom. The molecule has 0 aromatic heterocycles. The van der Waals surface area contributed by atoms with Crippen LogP contribution in [0.5, 0.6) is 0 Å². The highest BCUT2D eigenvalue weighted by Crippen LogP contribution is 2.47. The Morgan fingerprint density at radius 3 is 2.46 bits per heavy atom. The molecule has 2 aromatic rings. The van der Waals surface area contributed by atoms with Crippen LogP contribution in [0, 0.1) is 11.3 Å². The second-order valence-electron chi connectivity index (χ2n) is 5.89. The van der Waals surface area contributed by atoms with E-state index in [0.717, 1.165) is 22.5 Å². The topological polar surface area (TPSA) is 52.9 Å². The van der Waals surface area contributed by atoms with E-state index >= 15 is 0 Å². The molecule has 0 amide bonds. The van der Waals surface area contributed by atoms with Crippen molar-refractivity contribution in [1.82, 2.24) is 5.32 Å². The van der Waals surface area contributed by atoms with Crippen LogP contribution in [0.15, 0.2) is 65.4 Å². The van der Waals surface area contributed by atoms with Gasteiger partial charge < -0.3 is 5.32 Å². The monoisotopic (exact) mass is 332 g/mol. The number of carbonyl (C=O) groups is 1. The smallest absolute Gasteiger partial charge is 0.192 e. The summed E-state index contributed by atoms with van der Waals surface area (Å²) < 4.78 is 0. The van der Waals surface area contributed by atoms with E-state index in [1.807, 2.05) is 49.4 Å². The average Bonchev–Trinajstić information content (AvgIpc) is 2.87. The number of ketones is 1. The van der Waals surface area contributed by atoms with Crippen molar-refractivity contribution < 1.29 is 4.79 Å². The van der Waals surface area contributed by atoms with Crippen LogP contribution < -0.4 is 5.32 Å². The summed E-state index contributed by atoms with van der Waals surface area (Å²) in [7, 11) is 0. The molecule has 1 atom stereocenters. The molecule has 0 spiro atoms. The van der Waals surface area contributed by atoms with E-state index in [4.69, 9.17) is 11.6 Å². The number of nitrogens with zero attached hydrogens (tertiary/aromatic N) is 1. The average molecular weight is 333 g/mol. The molecule has 24 heavy (non-hydrogen) atoms. The zero-order valence-electron chi connectivity index (χ0n) is 12.9. The highest BCUT2D eigenvalue weighted by Gasteiger charge is 2.40. The predicted octanol–water partition coefficient (Wildman–Crippen LogP) is 4.43. The maximum atomic E-state index is 13.0. The van der Waals surface area contributed by atoms with Crippen LogP contribution in [0.3, 0.4) is 0 Å². The third kappa shape index (κ3) is 1.94. The predicted molar refractivity (Wildman–Crippen MR) is 93.3 cm³/mol. The van der Waals surface area contributed by atoms with Crippen molar-refractivity contribution >= 4 is 23.1 Å². The van der Waals surface area contributed by atoms with Gasteiger partial charge in [0.2, 0.25) is 0 Å². The fourth-order valence-corrected chi connectivity index (χ4v) is 3.74. The third-order valence-electron chi connectivity index (χ3n) is 4.59. The summed E-state index contributed by atoms with van der Waals surface area (Å²) in [6.45, 7) is 1.86. The number of carbonyl (C=O) groups excluding carboxylic acids is 1. The van der Waals surface area contributed by atoms with Crippen molar-refractivity contribution in [3.63, 3.8) is 0 Å². The van der Waals surface area contributed by atoms with E-state index in [9.17, 15) is 10.1 Å². The van der Waals surface area contributed by atoms with Gasteiger partial charge in [-0.2, -0.15) is 5.26 Å². The largest absolute Gasteiger partial charge is 0.357 e. The lowest BCUT2D eigenvalue weighted by Crippen LogP contribution is -2.24. The number of Topliss-reactive ketones (excluding diaryl/α,β-unsaturated/α-hetero) is 1. The van der Waals surface area contributed by atoms with Gasteiger partial charge in [0.1, 0.15) is 0 Å². The highest BCUT2D eigenvalue weighted by atomic mass is 35.5. The molecule has 0 bridgehead atoms. The van der Waals surface area contributed by atoms with Gasteiger partial charge in [-0.25, -0.2) is 0 Å². The van der Waals surface area contributed by atoms with E-state index in [1.54, 1.807) is 6.07 Å². The first-order valence-corrected chi connectivity index (χ1v) is 8.02. The molecule has 0 fully saturated rings. The van der Waals surface area contributed by atoms with Crippen molar-refractivity contribution in [3.8, 4) is 6.07 Å². The lowest BCUT2D eigenvalue weighted by Gasteiger charge is -2.27. The van der Waals surface area contributed by atoms with Crippen LogP contribution in [-0.4, -0.2) is 5.78 Å². The fraction of sp³-hybridized carbons (Fsp3) is 0.100. The van der Waals surface area contributed by atoms with Crippen LogP contribution >= 0.6 is 11.6 Å². The van der Waals surface area contributed by atoms with Gasteiger partial charge in [0.25, 0.3) is 0 Å². The minimum Gasteiger partial charge on any atom is -0.357 e. The molecule has 1 N–H and O–H groups in total. The minimum atomic E-state index is -0.445. The zero-order valence-corrected chi connectivity index (χ0v) is 13.7. The first kappa shape index (κ1) is 14.7. The van der Waals surface area contributed by atoms with Crippen LogP contribution in [0.25, 0.3) is 5.70 Å². The Labute approximate surface area is 144 Å². The number of nitrogens with one attached hydrogen (secondary N) is 1. The molecule has 2 aromatic carbocycles. The van der Waals surface area contributed by atoms with Gasteiger partial charge in [-0.3, -0.25) is 4.79 Å². The molecule has 1 unspecified atom stereocenters. The molecular weight excluding hydrogens is 320 g/mol. The number of benzene rings is 2. The Kier molecular flexibility index (Phi) is 3.30. The Bertz CT molecular complexity index is 995. The highest BCUT2D eigenvalue weighted by molar-refractivity contribution is 6.32. The fourth-order valence-electron chi connectivity index (χ4n) is 3.50. The van der Waals surface area contributed by atoms with Crippen LogP contribution in [0.4, 0.5) is 0 Å². The molecule has 0 saturated heterocycles. The number of allylic oxidation sites excluding steroid dienone is 3. The molecule has 1 heterocycles. The molecule has 1 aliphatic heterocycles. The summed E-state index contributed by atoms with van der Waals surface area (Å²) in [5.74, 6) is -0.488. The molecule has 1 aliphatic carbocycles. The van der Waals surface area contributed by atoms with Gasteiger partial charge in [-0.1, -0.05) is 54.1 Å². The van der Waals surface area contributed by atoms with Gasteiger partial charge >= 0.3 is 0 Å². The van der Waals surface area contributed by atoms with Gasteiger partial charge in [-0.15, -0.1) is 0 Å². The first-order chi connectivity index (χ1) is 11.6. The molecule has 0 saturated carbocycles. The van der Waals surface area contributed by atoms with Crippen molar-refractivity contribution in [2.75, 3.05) is 0 Å². The Balaban J connectivity index is 2.00. The van der Waals surface area contributed by atoms with Crippen molar-refractivity contribution in [2.45, 2.75) is 12.8 Å². The molecule has 4 rings (SSSR count). The Hall–Kier alpha value is -2.83. The quantitative estimate of drug-likeness (QED) is 0.840. The van der Waals surface area contributed by atoms with E-state index in [1.165, 1.54) is 0 Å². The number of rotatable bonds is 1. The normalized spacial score (nSPS) is 18.9. The van der Waals surface area contributed by atoms with Crippen molar-refractivity contribution in [2.24, 2.45) is 0 Å². The molecule has 3 nitrogen and oxygen atoms in total. The van der Waals surface area contributed by atoms with Gasteiger partial charge in [0, 0.05) is 27.4 Å². The number of hydrogen-bond acceptors (Lipinski definition) is 3. The second-order valence-corrected chi connectivity index (χ2v) is 6.30. The lowest BCUT2D eigenvalue weighted by molar-refractivity contribution is 0.103. The first-order valence-electron chi connectivity index (χ1n) is 7.64. The summed E-state index contributed by atoms with van der Waals surface area (Å²) in [6.07, 6.45) is 0. The lowest BCUT2D eigenvalue weighted by atomic mass is 9.80. The summed E-state index contributed by atoms with van der Waals surface area (Å²) >= 11 is 6.39. The van der Waals surface area contributed by atoms with Crippen LogP contribution in [0.1, 0.15) is 34.3 Å². The van der Waals surface area contributed by atoms with E-state index in [0.29, 0.717) is 21.7 Å². The van der Waals surface area contributed by atoms with E-state index in [2.05, 4.69) is 11.4 Å². The van der Waals surface area contributed by atoms with Crippen LogP contribution in [0.2, 0.25) is 5.02 Å². The molecule has 2 aliphatic rings. The zero-order chi connectivity index (χ0) is 16.8. The maximum absolute atomic E-state index is 13.0. The van der Waals surface area contributed by atoms with Crippen molar-refractivity contribution in [1.29, 1.82) is 5.26 Å². The number of hydrogen-bond donors (Lipinski definition) is 1. The van der Waals surface area contributed by atoms with Gasteiger partial charge in [0.05, 0.1) is 23.3 Å².